The maximum Gasteiger partial charge on any atom is 0.0629 e. The Kier molecular flexibility index (Phi) is 3.03. The van der Waals surface area contributed by atoms with Gasteiger partial charge in [0.25, 0.3) is 0 Å². The molecule has 1 heterocycles. The highest BCUT2D eigenvalue weighted by molar-refractivity contribution is 6.30. The first-order chi connectivity index (χ1) is 7.70. The van der Waals surface area contributed by atoms with E-state index in [4.69, 9.17) is 18.0 Å². The zero-order valence-corrected chi connectivity index (χ0v) is 9.59. The van der Waals surface area contributed by atoms with E-state index < -0.39 is 0 Å². The van der Waals surface area contributed by atoms with Crippen molar-refractivity contribution in [3.63, 3.8) is 0 Å². The van der Waals surface area contributed by atoms with Crippen molar-refractivity contribution >= 4 is 17.3 Å². The molecule has 1 nitrogen and oxygen atoms in total. The summed E-state index contributed by atoms with van der Waals surface area (Å²) >= 11 is 5.84. The lowest BCUT2D eigenvalue weighted by atomic mass is 9.96. The summed E-state index contributed by atoms with van der Waals surface area (Å²) in [6.07, 6.45) is 8.33. The minimum absolute atomic E-state index is 0.0936. The van der Waals surface area contributed by atoms with Crippen molar-refractivity contribution in [3.05, 3.63) is 53.2 Å². The van der Waals surface area contributed by atoms with Crippen molar-refractivity contribution in [1.29, 1.82) is 0 Å². The summed E-state index contributed by atoms with van der Waals surface area (Å²) < 4.78 is 0. The molecule has 0 amide bonds. The second kappa shape index (κ2) is 4.47. The molecule has 1 aliphatic rings. The summed E-state index contributed by atoms with van der Waals surface area (Å²) in [5, 5.41) is 3.97. The van der Waals surface area contributed by atoms with Gasteiger partial charge in [0.15, 0.2) is 0 Å². The Hall–Kier alpha value is -1.65. The number of hydrogen-bond acceptors (Lipinski definition) is 1. The molecule has 0 saturated carbocycles. The van der Waals surface area contributed by atoms with Crippen LogP contribution < -0.4 is 5.32 Å². The first-order valence-electron chi connectivity index (χ1n) is 5.09. The van der Waals surface area contributed by atoms with Gasteiger partial charge in [-0.3, -0.25) is 0 Å². The van der Waals surface area contributed by atoms with Crippen LogP contribution in [0.5, 0.6) is 0 Å². The van der Waals surface area contributed by atoms with Crippen LogP contribution in [0.1, 0.15) is 12.0 Å². The average Bonchev–Trinajstić information content (AvgIpc) is 2.30. The molecule has 0 fully saturated rings. The lowest BCUT2D eigenvalue weighted by molar-refractivity contribution is 0.729. The van der Waals surface area contributed by atoms with Crippen LogP contribution in [-0.2, 0) is 0 Å². The van der Waals surface area contributed by atoms with Gasteiger partial charge in [0.1, 0.15) is 0 Å². The lowest BCUT2D eigenvalue weighted by Gasteiger charge is -2.23. The van der Waals surface area contributed by atoms with Crippen LogP contribution in [-0.4, -0.2) is 0 Å². The molecule has 1 N–H and O–H groups in total. The Bertz CT molecular complexity index is 476. The summed E-state index contributed by atoms with van der Waals surface area (Å²) in [5.74, 6) is 2.80. The molecule has 1 aromatic carbocycles. The third kappa shape index (κ3) is 2.13. The van der Waals surface area contributed by atoms with Gasteiger partial charge in [-0.05, 0) is 24.1 Å². The maximum atomic E-state index is 5.84. The molecule has 0 saturated heterocycles. The minimum atomic E-state index is 0.0936. The molecule has 0 aliphatic carbocycles. The molecule has 80 valence electrons. The zero-order chi connectivity index (χ0) is 11.5. The molecule has 1 aromatic rings. The van der Waals surface area contributed by atoms with Crippen LogP contribution in [0.15, 0.2) is 42.6 Å². The van der Waals surface area contributed by atoms with Crippen molar-refractivity contribution in [3.8, 4) is 12.3 Å². The van der Waals surface area contributed by atoms with E-state index in [9.17, 15) is 0 Å². The molecule has 1 atom stereocenters. The third-order valence-corrected chi connectivity index (χ3v) is 2.88. The highest BCUT2D eigenvalue weighted by Gasteiger charge is 2.15. The monoisotopic (exact) mass is 229 g/mol. The van der Waals surface area contributed by atoms with E-state index in [-0.39, 0.29) is 5.92 Å². The Labute approximate surface area is 101 Å². The Morgan fingerprint density at radius 2 is 2.06 bits per heavy atom. The number of hydrogen-bond donors (Lipinski definition) is 1. The topological polar surface area (TPSA) is 12.0 Å². The van der Waals surface area contributed by atoms with Crippen LogP contribution in [0.3, 0.4) is 0 Å². The van der Waals surface area contributed by atoms with Crippen molar-refractivity contribution in [2.75, 3.05) is 0 Å². The fourth-order valence-electron chi connectivity index (χ4n) is 1.68. The molecule has 2 rings (SSSR count). The number of terminal acetylenes is 1. The summed E-state index contributed by atoms with van der Waals surface area (Å²) in [7, 11) is 0. The van der Waals surface area contributed by atoms with Crippen LogP contribution in [0.25, 0.3) is 5.70 Å². The van der Waals surface area contributed by atoms with E-state index in [1.807, 2.05) is 24.3 Å². The van der Waals surface area contributed by atoms with E-state index >= 15 is 0 Å². The molecule has 0 bridgehead atoms. The van der Waals surface area contributed by atoms with Gasteiger partial charge in [-0.1, -0.05) is 42.3 Å². The van der Waals surface area contributed by atoms with Gasteiger partial charge in [-0.15, -0.1) is 6.42 Å². The van der Waals surface area contributed by atoms with Crippen LogP contribution in [0.2, 0.25) is 5.02 Å². The SMILES string of the molecule is C#CC1CC=C(c2ccc(Cl)cc2)NC1=C. The number of rotatable bonds is 1. The van der Waals surface area contributed by atoms with Crippen LogP contribution in [0, 0.1) is 18.3 Å². The second-order valence-corrected chi connectivity index (χ2v) is 4.17. The predicted octanol–water partition coefficient (Wildman–Crippen LogP) is 3.44. The highest BCUT2D eigenvalue weighted by Crippen LogP contribution is 2.25. The van der Waals surface area contributed by atoms with Gasteiger partial charge in [0.05, 0.1) is 5.92 Å². The average molecular weight is 230 g/mol. The molecule has 0 spiro atoms. The Balaban J connectivity index is 2.24. The fraction of sp³-hybridized carbons (Fsp3) is 0.143. The van der Waals surface area contributed by atoms with E-state index in [0.29, 0.717) is 0 Å². The van der Waals surface area contributed by atoms with Gasteiger partial charge in [-0.2, -0.15) is 0 Å². The van der Waals surface area contributed by atoms with Crippen LogP contribution in [0.4, 0.5) is 0 Å². The molecule has 16 heavy (non-hydrogen) atoms. The quantitative estimate of drug-likeness (QED) is 0.728. The number of nitrogens with one attached hydrogen (secondary N) is 1. The van der Waals surface area contributed by atoms with Crippen molar-refractivity contribution in [2.24, 2.45) is 5.92 Å². The Morgan fingerprint density at radius 1 is 1.38 bits per heavy atom. The molecule has 1 aliphatic heterocycles. The first-order valence-corrected chi connectivity index (χ1v) is 5.46. The standard InChI is InChI=1S/C14H12ClN/c1-3-11-6-9-14(16-10(11)2)12-4-7-13(15)8-5-12/h1,4-5,7-9,11,16H,2,6H2. The number of benzene rings is 1. The second-order valence-electron chi connectivity index (χ2n) is 3.73. The molecule has 1 unspecified atom stereocenters. The molecular weight excluding hydrogens is 218 g/mol. The van der Waals surface area contributed by atoms with E-state index in [1.165, 1.54) is 0 Å². The molecule has 0 aromatic heterocycles. The van der Waals surface area contributed by atoms with E-state index in [0.717, 1.165) is 28.4 Å². The number of allylic oxidation sites excluding steroid dienone is 2. The normalized spacial score (nSPS) is 19.6. The van der Waals surface area contributed by atoms with Crippen molar-refractivity contribution in [1.82, 2.24) is 5.32 Å². The smallest absolute Gasteiger partial charge is 0.0629 e. The van der Waals surface area contributed by atoms with E-state index in [2.05, 4.69) is 23.9 Å². The summed E-state index contributed by atoms with van der Waals surface area (Å²) in [6, 6.07) is 7.69. The molecular formula is C14H12ClN. The van der Waals surface area contributed by atoms with Gasteiger partial charge < -0.3 is 5.32 Å². The third-order valence-electron chi connectivity index (χ3n) is 2.63. The van der Waals surface area contributed by atoms with Gasteiger partial charge in [0.2, 0.25) is 0 Å². The highest BCUT2D eigenvalue weighted by atomic mass is 35.5. The zero-order valence-electron chi connectivity index (χ0n) is 8.83. The summed E-state index contributed by atoms with van der Waals surface area (Å²) in [4.78, 5) is 0. The first kappa shape index (κ1) is 10.9. The van der Waals surface area contributed by atoms with E-state index in [1.54, 1.807) is 0 Å². The molecule has 2 heteroatoms. The van der Waals surface area contributed by atoms with Gasteiger partial charge in [0, 0.05) is 16.4 Å². The Morgan fingerprint density at radius 3 is 2.62 bits per heavy atom. The lowest BCUT2D eigenvalue weighted by Crippen LogP contribution is -2.21. The minimum Gasteiger partial charge on any atom is -0.358 e. The predicted molar refractivity (Wildman–Crippen MR) is 68.6 cm³/mol. The van der Waals surface area contributed by atoms with Crippen LogP contribution >= 0.6 is 11.6 Å². The largest absolute Gasteiger partial charge is 0.358 e. The van der Waals surface area contributed by atoms with Crippen molar-refractivity contribution < 1.29 is 0 Å². The number of halogens is 1. The van der Waals surface area contributed by atoms with Gasteiger partial charge in [-0.25, -0.2) is 0 Å². The maximum absolute atomic E-state index is 5.84. The summed E-state index contributed by atoms with van der Waals surface area (Å²) in [6.45, 7) is 3.94. The molecule has 0 radical (unpaired) electrons. The van der Waals surface area contributed by atoms with Crippen molar-refractivity contribution in [2.45, 2.75) is 6.42 Å². The van der Waals surface area contributed by atoms with Gasteiger partial charge >= 0.3 is 0 Å². The summed E-state index contributed by atoms with van der Waals surface area (Å²) in [5.41, 5.74) is 3.03. The fourth-order valence-corrected chi connectivity index (χ4v) is 1.80.